The lowest BCUT2D eigenvalue weighted by molar-refractivity contribution is -0.384. The topological polar surface area (TPSA) is 84.3 Å². The number of nitrogens with zero attached hydrogens (tertiary/aromatic N) is 1. The zero-order valence-corrected chi connectivity index (χ0v) is 12.6. The van der Waals surface area contributed by atoms with Crippen molar-refractivity contribution in [3.8, 4) is 0 Å². The Kier molecular flexibility index (Phi) is 4.95. The number of carbonyl (C=O) groups excluding carboxylic acids is 1. The summed E-state index contributed by atoms with van der Waals surface area (Å²) in [6.45, 7) is 1.93. The smallest absolute Gasteiger partial charge is 0.269 e. The summed E-state index contributed by atoms with van der Waals surface area (Å²) in [5, 5.41) is 16.8. The summed E-state index contributed by atoms with van der Waals surface area (Å²) < 4.78 is 0. The Morgan fingerprint density at radius 3 is 2.55 bits per heavy atom. The minimum absolute atomic E-state index is 0.0225. The molecular formula is C15H14ClN3O3. The number of nitro benzene ring substituents is 1. The van der Waals surface area contributed by atoms with Gasteiger partial charge in [-0.25, -0.2) is 0 Å². The molecule has 114 valence electrons. The Hall–Kier alpha value is -2.60. The molecule has 22 heavy (non-hydrogen) atoms. The predicted octanol–water partition coefficient (Wildman–Crippen LogP) is 3.61. The van der Waals surface area contributed by atoms with E-state index >= 15 is 0 Å². The van der Waals surface area contributed by atoms with Gasteiger partial charge in [0, 0.05) is 28.5 Å². The molecule has 0 unspecified atom stereocenters. The first-order valence-corrected chi connectivity index (χ1v) is 6.88. The van der Waals surface area contributed by atoms with Crippen molar-refractivity contribution in [1.82, 2.24) is 0 Å². The van der Waals surface area contributed by atoms with Crippen LogP contribution < -0.4 is 10.6 Å². The minimum atomic E-state index is -0.491. The molecule has 0 heterocycles. The van der Waals surface area contributed by atoms with Crippen LogP contribution in [0.2, 0.25) is 5.02 Å². The van der Waals surface area contributed by atoms with Gasteiger partial charge in [-0.2, -0.15) is 0 Å². The van der Waals surface area contributed by atoms with E-state index < -0.39 is 4.92 Å². The van der Waals surface area contributed by atoms with Crippen LogP contribution >= 0.6 is 11.6 Å². The number of carbonyl (C=O) groups is 1. The van der Waals surface area contributed by atoms with E-state index in [9.17, 15) is 14.9 Å². The number of non-ortho nitro benzene ring substituents is 1. The second-order valence-electron chi connectivity index (χ2n) is 4.62. The lowest BCUT2D eigenvalue weighted by Crippen LogP contribution is -2.22. The minimum Gasteiger partial charge on any atom is -0.376 e. The third kappa shape index (κ3) is 3.95. The lowest BCUT2D eigenvalue weighted by atomic mass is 10.2. The maximum absolute atomic E-state index is 11.9. The van der Waals surface area contributed by atoms with Gasteiger partial charge >= 0.3 is 0 Å². The first-order valence-electron chi connectivity index (χ1n) is 6.50. The number of hydrogen-bond donors (Lipinski definition) is 2. The molecule has 0 atom stereocenters. The Labute approximate surface area is 132 Å². The van der Waals surface area contributed by atoms with E-state index in [4.69, 9.17) is 11.6 Å². The lowest BCUT2D eigenvalue weighted by Gasteiger charge is -2.10. The van der Waals surface area contributed by atoms with Crippen LogP contribution in [0.25, 0.3) is 0 Å². The highest BCUT2D eigenvalue weighted by Crippen LogP contribution is 2.22. The van der Waals surface area contributed by atoms with Gasteiger partial charge in [0.05, 0.1) is 11.5 Å². The van der Waals surface area contributed by atoms with Gasteiger partial charge in [0.15, 0.2) is 0 Å². The highest BCUT2D eigenvalue weighted by Gasteiger charge is 2.07. The van der Waals surface area contributed by atoms with Crippen molar-refractivity contribution in [2.75, 3.05) is 17.2 Å². The van der Waals surface area contributed by atoms with Crippen LogP contribution in [0, 0.1) is 17.0 Å². The first kappa shape index (κ1) is 15.8. The number of halogens is 1. The molecule has 0 radical (unpaired) electrons. The van der Waals surface area contributed by atoms with E-state index in [0.717, 1.165) is 11.3 Å². The third-order valence-corrected chi connectivity index (χ3v) is 3.48. The monoisotopic (exact) mass is 319 g/mol. The fourth-order valence-corrected chi connectivity index (χ4v) is 2.02. The molecule has 0 saturated heterocycles. The van der Waals surface area contributed by atoms with Crippen LogP contribution in [0.15, 0.2) is 42.5 Å². The molecule has 0 aliphatic heterocycles. The molecule has 0 saturated carbocycles. The Bertz CT molecular complexity index is 702. The Morgan fingerprint density at radius 1 is 1.23 bits per heavy atom. The number of nitrogens with one attached hydrogen (secondary N) is 2. The van der Waals surface area contributed by atoms with Crippen LogP contribution in [0.1, 0.15) is 5.56 Å². The first-order chi connectivity index (χ1) is 10.5. The van der Waals surface area contributed by atoms with E-state index in [1.165, 1.54) is 24.3 Å². The average Bonchev–Trinajstić information content (AvgIpc) is 2.49. The second kappa shape index (κ2) is 6.91. The summed E-state index contributed by atoms with van der Waals surface area (Å²) in [6, 6.07) is 11.1. The van der Waals surface area contributed by atoms with Crippen molar-refractivity contribution in [2.24, 2.45) is 0 Å². The highest BCUT2D eigenvalue weighted by molar-refractivity contribution is 6.31. The number of amides is 1. The van der Waals surface area contributed by atoms with E-state index in [2.05, 4.69) is 10.6 Å². The van der Waals surface area contributed by atoms with Crippen molar-refractivity contribution in [1.29, 1.82) is 0 Å². The molecule has 7 heteroatoms. The molecule has 0 bridgehead atoms. The van der Waals surface area contributed by atoms with Crippen molar-refractivity contribution >= 4 is 34.6 Å². The SMILES string of the molecule is Cc1c(Cl)cccc1NCC(=O)Nc1ccc([N+](=O)[O-])cc1. The maximum atomic E-state index is 11.9. The molecule has 1 amide bonds. The summed E-state index contributed by atoms with van der Waals surface area (Å²) in [4.78, 5) is 21.9. The van der Waals surface area contributed by atoms with Crippen LogP contribution in [0.4, 0.5) is 17.1 Å². The standard InChI is InChI=1S/C15H14ClN3O3/c1-10-13(16)3-2-4-14(10)17-9-15(20)18-11-5-7-12(8-6-11)19(21)22/h2-8,17H,9H2,1H3,(H,18,20). The third-order valence-electron chi connectivity index (χ3n) is 3.07. The second-order valence-corrected chi connectivity index (χ2v) is 5.03. The molecule has 2 aromatic carbocycles. The number of rotatable bonds is 5. The van der Waals surface area contributed by atoms with Crippen molar-refractivity contribution < 1.29 is 9.72 Å². The van der Waals surface area contributed by atoms with E-state index in [1.807, 2.05) is 13.0 Å². The normalized spacial score (nSPS) is 10.1. The van der Waals surface area contributed by atoms with E-state index in [0.29, 0.717) is 10.7 Å². The molecule has 2 N–H and O–H groups in total. The average molecular weight is 320 g/mol. The summed E-state index contributed by atoms with van der Waals surface area (Å²) in [6.07, 6.45) is 0. The molecule has 0 aliphatic carbocycles. The number of anilines is 2. The molecule has 0 fully saturated rings. The van der Waals surface area contributed by atoms with Crippen LogP contribution in [0.3, 0.4) is 0 Å². The Balaban J connectivity index is 1.93. The van der Waals surface area contributed by atoms with Crippen molar-refractivity contribution in [2.45, 2.75) is 6.92 Å². The molecular weight excluding hydrogens is 306 g/mol. The Morgan fingerprint density at radius 2 is 1.91 bits per heavy atom. The van der Waals surface area contributed by atoms with Gasteiger partial charge in [0.1, 0.15) is 0 Å². The van der Waals surface area contributed by atoms with Gasteiger partial charge in [-0.3, -0.25) is 14.9 Å². The molecule has 2 rings (SSSR count). The summed E-state index contributed by atoms with van der Waals surface area (Å²) >= 11 is 6.00. The van der Waals surface area contributed by atoms with Crippen molar-refractivity contribution in [3.05, 3.63) is 63.2 Å². The quantitative estimate of drug-likeness (QED) is 0.651. The summed E-state index contributed by atoms with van der Waals surface area (Å²) in [5.74, 6) is -0.256. The molecule has 0 aliphatic rings. The highest BCUT2D eigenvalue weighted by atomic mass is 35.5. The predicted molar refractivity (Wildman–Crippen MR) is 86.4 cm³/mol. The van der Waals surface area contributed by atoms with Gasteiger partial charge in [-0.1, -0.05) is 17.7 Å². The van der Waals surface area contributed by atoms with Gasteiger partial charge in [0.2, 0.25) is 5.91 Å². The molecule has 2 aromatic rings. The van der Waals surface area contributed by atoms with Crippen LogP contribution in [-0.4, -0.2) is 17.4 Å². The fraction of sp³-hybridized carbons (Fsp3) is 0.133. The van der Waals surface area contributed by atoms with E-state index in [1.54, 1.807) is 12.1 Å². The van der Waals surface area contributed by atoms with Gasteiger partial charge in [-0.05, 0) is 36.8 Å². The van der Waals surface area contributed by atoms with Gasteiger partial charge in [-0.15, -0.1) is 0 Å². The van der Waals surface area contributed by atoms with Gasteiger partial charge in [0.25, 0.3) is 5.69 Å². The van der Waals surface area contributed by atoms with E-state index in [-0.39, 0.29) is 18.1 Å². The van der Waals surface area contributed by atoms with Crippen LogP contribution in [-0.2, 0) is 4.79 Å². The molecule has 6 nitrogen and oxygen atoms in total. The number of nitro groups is 1. The summed E-state index contributed by atoms with van der Waals surface area (Å²) in [5.41, 5.74) is 2.13. The zero-order valence-electron chi connectivity index (χ0n) is 11.8. The van der Waals surface area contributed by atoms with Crippen molar-refractivity contribution in [3.63, 3.8) is 0 Å². The fourth-order valence-electron chi connectivity index (χ4n) is 1.85. The molecule has 0 spiro atoms. The number of benzene rings is 2. The summed E-state index contributed by atoms with van der Waals surface area (Å²) in [7, 11) is 0. The number of hydrogen-bond acceptors (Lipinski definition) is 4. The maximum Gasteiger partial charge on any atom is 0.269 e. The zero-order chi connectivity index (χ0) is 16.1. The largest absolute Gasteiger partial charge is 0.376 e. The van der Waals surface area contributed by atoms with Gasteiger partial charge < -0.3 is 10.6 Å². The molecule has 0 aromatic heterocycles. The van der Waals surface area contributed by atoms with Crippen LogP contribution in [0.5, 0.6) is 0 Å².